The molecule has 0 aliphatic heterocycles. The molecule has 4 nitrogen and oxygen atoms in total. The molecule has 5 heteroatoms. The number of aliphatic carboxylic acids is 1. The van der Waals surface area contributed by atoms with E-state index >= 15 is 0 Å². The van der Waals surface area contributed by atoms with Crippen molar-refractivity contribution in [3.05, 3.63) is 52.9 Å². The van der Waals surface area contributed by atoms with Crippen LogP contribution in [-0.4, -0.2) is 17.6 Å². The fourth-order valence-electron chi connectivity index (χ4n) is 1.81. The van der Waals surface area contributed by atoms with Gasteiger partial charge in [0.1, 0.15) is 12.3 Å². The zero-order valence-corrected chi connectivity index (χ0v) is 11.2. The van der Waals surface area contributed by atoms with Crippen molar-refractivity contribution in [2.45, 2.75) is 13.5 Å². The molecular weight excluding hydrogens is 266 g/mol. The van der Waals surface area contributed by atoms with Crippen LogP contribution in [0.2, 0.25) is 5.02 Å². The van der Waals surface area contributed by atoms with E-state index in [1.807, 2.05) is 19.1 Å². The summed E-state index contributed by atoms with van der Waals surface area (Å²) in [7, 11) is 0. The Balaban J connectivity index is 2.26. The van der Waals surface area contributed by atoms with E-state index in [0.29, 0.717) is 11.6 Å². The second-order valence-electron chi connectivity index (χ2n) is 4.26. The Morgan fingerprint density at radius 1 is 1.42 bits per heavy atom. The number of furan rings is 1. The molecule has 0 saturated carbocycles. The number of anilines is 1. The van der Waals surface area contributed by atoms with Gasteiger partial charge in [-0.25, -0.2) is 0 Å². The van der Waals surface area contributed by atoms with Crippen molar-refractivity contribution in [1.29, 1.82) is 0 Å². The lowest BCUT2D eigenvalue weighted by atomic mass is 10.2. The number of aryl methyl sites for hydroxylation is 1. The zero-order chi connectivity index (χ0) is 13.8. The van der Waals surface area contributed by atoms with Crippen molar-refractivity contribution < 1.29 is 14.3 Å². The second-order valence-corrected chi connectivity index (χ2v) is 4.69. The summed E-state index contributed by atoms with van der Waals surface area (Å²) < 4.78 is 5.36. The number of rotatable bonds is 5. The van der Waals surface area contributed by atoms with Crippen molar-refractivity contribution in [1.82, 2.24) is 0 Å². The minimum Gasteiger partial charge on any atom is -0.480 e. The molecule has 0 aliphatic rings. The first-order valence-electron chi connectivity index (χ1n) is 5.81. The Morgan fingerprint density at radius 2 is 2.21 bits per heavy atom. The first-order chi connectivity index (χ1) is 9.06. The number of carbonyl (C=O) groups is 1. The van der Waals surface area contributed by atoms with Crippen LogP contribution in [0.15, 0.2) is 41.0 Å². The van der Waals surface area contributed by atoms with E-state index in [1.54, 1.807) is 29.4 Å². The molecule has 0 spiro atoms. The maximum Gasteiger partial charge on any atom is 0.323 e. The Bertz CT molecular complexity index is 580. The third-order valence-electron chi connectivity index (χ3n) is 2.80. The van der Waals surface area contributed by atoms with Gasteiger partial charge >= 0.3 is 5.97 Å². The third kappa shape index (κ3) is 3.51. The van der Waals surface area contributed by atoms with Gasteiger partial charge in [0.25, 0.3) is 0 Å². The zero-order valence-electron chi connectivity index (χ0n) is 10.5. The molecule has 100 valence electrons. The van der Waals surface area contributed by atoms with Gasteiger partial charge in [0, 0.05) is 10.7 Å². The van der Waals surface area contributed by atoms with Gasteiger partial charge < -0.3 is 14.4 Å². The number of benzene rings is 1. The number of nitrogens with zero attached hydrogens (tertiary/aromatic N) is 1. The predicted octanol–water partition coefficient (Wildman–Crippen LogP) is 3.33. The Hall–Kier alpha value is -1.94. The monoisotopic (exact) mass is 279 g/mol. The van der Waals surface area contributed by atoms with Gasteiger partial charge in [0.05, 0.1) is 12.8 Å². The molecule has 1 N–H and O–H groups in total. The molecule has 1 aromatic heterocycles. The fourth-order valence-corrected chi connectivity index (χ4v) is 2.00. The number of halogens is 1. The molecule has 1 aromatic carbocycles. The quantitative estimate of drug-likeness (QED) is 0.912. The highest BCUT2D eigenvalue weighted by molar-refractivity contribution is 6.30. The molecule has 0 saturated heterocycles. The summed E-state index contributed by atoms with van der Waals surface area (Å²) in [6.07, 6.45) is 1.60. The highest BCUT2D eigenvalue weighted by Gasteiger charge is 2.14. The number of carboxylic acid groups (broad SMARTS) is 1. The number of carboxylic acids is 1. The van der Waals surface area contributed by atoms with Gasteiger partial charge in [-0.1, -0.05) is 17.7 Å². The average molecular weight is 280 g/mol. The van der Waals surface area contributed by atoms with E-state index in [2.05, 4.69) is 0 Å². The normalized spacial score (nSPS) is 10.4. The Labute approximate surface area is 116 Å². The summed E-state index contributed by atoms with van der Waals surface area (Å²) in [5.41, 5.74) is 1.75. The average Bonchev–Trinajstić information content (AvgIpc) is 2.74. The summed E-state index contributed by atoms with van der Waals surface area (Å²) in [4.78, 5) is 12.7. The van der Waals surface area contributed by atoms with E-state index in [9.17, 15) is 4.79 Å². The van der Waals surface area contributed by atoms with Crippen molar-refractivity contribution in [3.8, 4) is 0 Å². The SMILES string of the molecule is Cc1ccoc1CN(CC(=O)O)c1cccc(Cl)c1. The predicted molar refractivity (Wildman–Crippen MR) is 73.6 cm³/mol. The number of hydrogen-bond donors (Lipinski definition) is 1. The van der Waals surface area contributed by atoms with Crippen molar-refractivity contribution in [2.24, 2.45) is 0 Å². The summed E-state index contributed by atoms with van der Waals surface area (Å²) in [6.45, 7) is 2.21. The second kappa shape index (κ2) is 5.80. The largest absolute Gasteiger partial charge is 0.480 e. The van der Waals surface area contributed by atoms with Crippen LogP contribution in [0.3, 0.4) is 0 Å². The van der Waals surface area contributed by atoms with Gasteiger partial charge in [-0.2, -0.15) is 0 Å². The molecule has 0 unspecified atom stereocenters. The van der Waals surface area contributed by atoms with E-state index < -0.39 is 5.97 Å². The van der Waals surface area contributed by atoms with Gasteiger partial charge in [0.15, 0.2) is 0 Å². The van der Waals surface area contributed by atoms with Gasteiger partial charge in [0.2, 0.25) is 0 Å². The molecule has 1 heterocycles. The van der Waals surface area contributed by atoms with Crippen LogP contribution < -0.4 is 4.90 Å². The summed E-state index contributed by atoms with van der Waals surface area (Å²) in [5.74, 6) is -0.148. The summed E-state index contributed by atoms with van der Waals surface area (Å²) in [5, 5.41) is 9.58. The lowest BCUT2D eigenvalue weighted by Crippen LogP contribution is -2.29. The minimum absolute atomic E-state index is 0.111. The van der Waals surface area contributed by atoms with Crippen LogP contribution >= 0.6 is 11.6 Å². The molecule has 2 rings (SSSR count). The van der Waals surface area contributed by atoms with E-state index in [4.69, 9.17) is 21.1 Å². The van der Waals surface area contributed by atoms with Crippen molar-refractivity contribution >= 4 is 23.3 Å². The maximum absolute atomic E-state index is 11.0. The molecule has 0 amide bonds. The van der Waals surface area contributed by atoms with Gasteiger partial charge in [-0.15, -0.1) is 0 Å². The molecule has 0 fully saturated rings. The lowest BCUT2D eigenvalue weighted by Gasteiger charge is -2.22. The molecule has 0 bridgehead atoms. The van der Waals surface area contributed by atoms with Crippen LogP contribution in [0.1, 0.15) is 11.3 Å². The lowest BCUT2D eigenvalue weighted by molar-refractivity contribution is -0.135. The van der Waals surface area contributed by atoms with Crippen LogP contribution in [0, 0.1) is 6.92 Å². The number of hydrogen-bond acceptors (Lipinski definition) is 3. The third-order valence-corrected chi connectivity index (χ3v) is 3.04. The van der Waals surface area contributed by atoms with E-state index in [1.165, 1.54) is 0 Å². The highest BCUT2D eigenvalue weighted by atomic mass is 35.5. The van der Waals surface area contributed by atoms with E-state index in [0.717, 1.165) is 17.0 Å². The molecule has 2 aromatic rings. The highest BCUT2D eigenvalue weighted by Crippen LogP contribution is 2.22. The fraction of sp³-hybridized carbons (Fsp3) is 0.214. The van der Waals surface area contributed by atoms with Crippen LogP contribution in [0.25, 0.3) is 0 Å². The smallest absolute Gasteiger partial charge is 0.323 e. The summed E-state index contributed by atoms with van der Waals surface area (Å²) >= 11 is 5.94. The standard InChI is InChI=1S/C14H14ClNO3/c1-10-5-6-19-13(10)8-16(9-14(17)18)12-4-2-3-11(15)7-12/h2-7H,8-9H2,1H3,(H,17,18). The summed E-state index contributed by atoms with van der Waals surface area (Å²) in [6, 6.07) is 8.96. The van der Waals surface area contributed by atoms with Crippen molar-refractivity contribution in [2.75, 3.05) is 11.4 Å². The molecule has 0 radical (unpaired) electrons. The molecule has 19 heavy (non-hydrogen) atoms. The van der Waals surface area contributed by atoms with E-state index in [-0.39, 0.29) is 6.54 Å². The van der Waals surface area contributed by atoms with Crippen LogP contribution in [0.5, 0.6) is 0 Å². The topological polar surface area (TPSA) is 53.7 Å². The minimum atomic E-state index is -0.899. The molecule has 0 atom stereocenters. The first-order valence-corrected chi connectivity index (χ1v) is 6.19. The maximum atomic E-state index is 11.0. The van der Waals surface area contributed by atoms with Gasteiger partial charge in [-0.05, 0) is 36.8 Å². The first kappa shape index (κ1) is 13.5. The van der Waals surface area contributed by atoms with Gasteiger partial charge in [-0.3, -0.25) is 4.79 Å². The Morgan fingerprint density at radius 3 is 2.79 bits per heavy atom. The van der Waals surface area contributed by atoms with Crippen LogP contribution in [-0.2, 0) is 11.3 Å². The molecule has 0 aliphatic carbocycles. The molecular formula is C14H14ClNO3. The Kier molecular flexibility index (Phi) is 4.12. The van der Waals surface area contributed by atoms with Crippen LogP contribution in [0.4, 0.5) is 5.69 Å². The van der Waals surface area contributed by atoms with Crippen molar-refractivity contribution in [3.63, 3.8) is 0 Å².